The zero-order valence-electron chi connectivity index (χ0n) is 11.2. The largest absolute Gasteiger partial charge is 0.407 e. The van der Waals surface area contributed by atoms with Crippen molar-refractivity contribution >= 4 is 30.3 Å². The Kier molecular flexibility index (Phi) is 5.20. The maximum Gasteiger partial charge on any atom is 0.270 e. The van der Waals surface area contributed by atoms with Gasteiger partial charge in [0.15, 0.2) is 0 Å². The highest BCUT2D eigenvalue weighted by atomic mass is 35.5. The number of rotatable bonds is 6. The number of halogens is 1. The molecule has 0 aliphatic heterocycles. The highest BCUT2D eigenvalue weighted by molar-refractivity contribution is 7.01. The highest BCUT2D eigenvalue weighted by Gasteiger charge is 2.38. The van der Waals surface area contributed by atoms with Crippen molar-refractivity contribution in [2.24, 2.45) is 0 Å². The first kappa shape index (κ1) is 14.3. The summed E-state index contributed by atoms with van der Waals surface area (Å²) in [6.45, 7) is 2.88. The summed E-state index contributed by atoms with van der Waals surface area (Å²) in [5, 5.41) is 2.48. The first-order chi connectivity index (χ1) is 9.33. The monoisotopic (exact) mass is 290 g/mol. The number of alkyl halides is 1. The van der Waals surface area contributed by atoms with E-state index in [4.69, 9.17) is 16.0 Å². The smallest absolute Gasteiger partial charge is 0.270 e. The van der Waals surface area contributed by atoms with E-state index in [0.717, 1.165) is 13.0 Å². The minimum Gasteiger partial charge on any atom is -0.407 e. The van der Waals surface area contributed by atoms with Crippen molar-refractivity contribution in [2.45, 2.75) is 13.3 Å². The van der Waals surface area contributed by atoms with Gasteiger partial charge in [-0.15, -0.1) is 11.6 Å². The molecule has 0 aromatic heterocycles. The van der Waals surface area contributed by atoms with Crippen LogP contribution in [0.15, 0.2) is 60.7 Å². The molecular weight excluding hydrogens is 272 g/mol. The van der Waals surface area contributed by atoms with E-state index in [-0.39, 0.29) is 0 Å². The second kappa shape index (κ2) is 6.90. The van der Waals surface area contributed by atoms with E-state index >= 15 is 0 Å². The Morgan fingerprint density at radius 2 is 1.37 bits per heavy atom. The van der Waals surface area contributed by atoms with Crippen molar-refractivity contribution in [3.63, 3.8) is 0 Å². The van der Waals surface area contributed by atoms with Crippen LogP contribution in [0.2, 0.25) is 0 Å². The van der Waals surface area contributed by atoms with Gasteiger partial charge < -0.3 is 4.43 Å². The van der Waals surface area contributed by atoms with E-state index in [2.05, 4.69) is 55.5 Å². The molecule has 2 aromatic rings. The molecular formula is C16H19ClOSi. The van der Waals surface area contributed by atoms with Crippen LogP contribution >= 0.6 is 11.6 Å². The van der Waals surface area contributed by atoms with E-state index in [9.17, 15) is 0 Å². The molecule has 0 aliphatic carbocycles. The van der Waals surface area contributed by atoms with Gasteiger partial charge in [-0.05, 0) is 16.8 Å². The lowest BCUT2D eigenvalue weighted by Crippen LogP contribution is -2.63. The third-order valence-electron chi connectivity index (χ3n) is 3.22. The molecule has 0 unspecified atom stereocenters. The van der Waals surface area contributed by atoms with Crippen LogP contribution in [0.3, 0.4) is 0 Å². The minimum absolute atomic E-state index is 0.543. The fraction of sp³-hybridized carbons (Fsp3) is 0.250. The Hall–Kier alpha value is -1.09. The summed E-state index contributed by atoms with van der Waals surface area (Å²) in [4.78, 5) is 0. The van der Waals surface area contributed by atoms with Gasteiger partial charge in [0.2, 0.25) is 0 Å². The number of benzene rings is 2. The van der Waals surface area contributed by atoms with E-state index < -0.39 is 8.32 Å². The van der Waals surface area contributed by atoms with E-state index in [1.54, 1.807) is 0 Å². The lowest BCUT2D eigenvalue weighted by atomic mass is 10.4. The molecule has 0 fully saturated rings. The standard InChI is InChI=1S/C16H19ClOSi/c1-2-13-18-19(14-17,15-9-5-3-6-10-15)16-11-7-4-8-12-16/h3-12H,2,13-14H2,1H3. The van der Waals surface area contributed by atoms with Gasteiger partial charge in [0.25, 0.3) is 8.32 Å². The molecule has 0 N–H and O–H groups in total. The van der Waals surface area contributed by atoms with Gasteiger partial charge in [-0.25, -0.2) is 0 Å². The predicted molar refractivity (Wildman–Crippen MR) is 84.9 cm³/mol. The van der Waals surface area contributed by atoms with Gasteiger partial charge in [-0.1, -0.05) is 67.6 Å². The first-order valence-corrected chi connectivity index (χ1v) is 9.29. The molecule has 1 nitrogen and oxygen atoms in total. The summed E-state index contributed by atoms with van der Waals surface area (Å²) < 4.78 is 6.31. The van der Waals surface area contributed by atoms with Crippen molar-refractivity contribution in [2.75, 3.05) is 12.1 Å². The van der Waals surface area contributed by atoms with Crippen molar-refractivity contribution in [3.8, 4) is 0 Å². The average Bonchev–Trinajstić information content (AvgIpc) is 2.51. The summed E-state index contributed by atoms with van der Waals surface area (Å²) in [5.74, 6) is 0. The zero-order chi connectivity index (χ0) is 13.6. The van der Waals surface area contributed by atoms with Crippen LogP contribution in [0.25, 0.3) is 0 Å². The Bertz CT molecular complexity index is 447. The quantitative estimate of drug-likeness (QED) is 0.587. The SMILES string of the molecule is CCCO[Si](CCl)(c1ccccc1)c1ccccc1. The van der Waals surface area contributed by atoms with Gasteiger partial charge in [-0.3, -0.25) is 0 Å². The van der Waals surface area contributed by atoms with Crippen LogP contribution in [0.5, 0.6) is 0 Å². The molecule has 100 valence electrons. The molecule has 0 bridgehead atoms. The van der Waals surface area contributed by atoms with Crippen LogP contribution in [0.1, 0.15) is 13.3 Å². The van der Waals surface area contributed by atoms with Crippen LogP contribution in [0.4, 0.5) is 0 Å². The summed E-state index contributed by atoms with van der Waals surface area (Å²) in [7, 11) is -2.28. The summed E-state index contributed by atoms with van der Waals surface area (Å²) in [6.07, 6.45) is 1.01. The second-order valence-electron chi connectivity index (χ2n) is 4.54. The molecule has 3 heteroatoms. The lowest BCUT2D eigenvalue weighted by molar-refractivity contribution is 0.318. The third-order valence-corrected chi connectivity index (χ3v) is 7.96. The maximum absolute atomic E-state index is 6.37. The molecule has 0 spiro atoms. The van der Waals surface area contributed by atoms with Crippen molar-refractivity contribution in [1.29, 1.82) is 0 Å². The summed E-state index contributed by atoms with van der Waals surface area (Å²) in [6, 6.07) is 20.8. The van der Waals surface area contributed by atoms with Gasteiger partial charge in [-0.2, -0.15) is 0 Å². The van der Waals surface area contributed by atoms with Crippen LogP contribution in [0, 0.1) is 0 Å². The van der Waals surface area contributed by atoms with Crippen molar-refractivity contribution in [1.82, 2.24) is 0 Å². The topological polar surface area (TPSA) is 9.23 Å². The molecule has 0 amide bonds. The molecule has 0 radical (unpaired) electrons. The average molecular weight is 291 g/mol. The van der Waals surface area contributed by atoms with Crippen LogP contribution in [-0.2, 0) is 4.43 Å². The van der Waals surface area contributed by atoms with Crippen molar-refractivity contribution < 1.29 is 4.43 Å². The fourth-order valence-electron chi connectivity index (χ4n) is 2.22. The minimum atomic E-state index is -2.28. The Balaban J connectivity index is 2.48. The molecule has 19 heavy (non-hydrogen) atoms. The lowest BCUT2D eigenvalue weighted by Gasteiger charge is -2.30. The van der Waals surface area contributed by atoms with E-state index in [0.29, 0.717) is 5.50 Å². The summed E-state index contributed by atoms with van der Waals surface area (Å²) >= 11 is 6.37. The molecule has 0 atom stereocenters. The third kappa shape index (κ3) is 3.08. The second-order valence-corrected chi connectivity index (χ2v) is 8.71. The number of hydrogen-bond donors (Lipinski definition) is 0. The summed E-state index contributed by atoms with van der Waals surface area (Å²) in [5.41, 5.74) is 0.543. The molecule has 2 aromatic carbocycles. The Labute approximate surface area is 121 Å². The van der Waals surface area contributed by atoms with Gasteiger partial charge >= 0.3 is 0 Å². The highest BCUT2D eigenvalue weighted by Crippen LogP contribution is 2.10. The fourth-order valence-corrected chi connectivity index (χ4v) is 6.44. The molecule has 0 saturated heterocycles. The first-order valence-electron chi connectivity index (χ1n) is 6.64. The zero-order valence-corrected chi connectivity index (χ0v) is 12.9. The number of hydrogen-bond acceptors (Lipinski definition) is 1. The van der Waals surface area contributed by atoms with Gasteiger partial charge in [0.05, 0.1) is 0 Å². The van der Waals surface area contributed by atoms with Crippen molar-refractivity contribution in [3.05, 3.63) is 60.7 Å². The molecule has 2 rings (SSSR count). The normalized spacial score (nSPS) is 11.5. The predicted octanol–water partition coefficient (Wildman–Crippen LogP) is 2.95. The van der Waals surface area contributed by atoms with Crippen LogP contribution in [-0.4, -0.2) is 20.4 Å². The maximum atomic E-state index is 6.37. The Morgan fingerprint density at radius 1 is 0.895 bits per heavy atom. The van der Waals surface area contributed by atoms with Gasteiger partial charge in [0.1, 0.15) is 0 Å². The molecule has 0 saturated carbocycles. The van der Waals surface area contributed by atoms with E-state index in [1.165, 1.54) is 10.4 Å². The van der Waals surface area contributed by atoms with E-state index in [1.807, 2.05) is 12.1 Å². The van der Waals surface area contributed by atoms with Crippen LogP contribution < -0.4 is 10.4 Å². The molecule has 0 heterocycles. The van der Waals surface area contributed by atoms with Gasteiger partial charge in [0, 0.05) is 12.1 Å². The Morgan fingerprint density at radius 3 is 1.74 bits per heavy atom. The molecule has 0 aliphatic rings.